The topological polar surface area (TPSA) is 34.4 Å². The number of hydrogen-bond acceptors (Lipinski definition) is 3. The molecule has 0 saturated heterocycles. The standard InChI is InChI=1S/C17H22BrNO2/c1-12-5-6-15(14(18)9-12)21-11-13-7-8-20-16(13)10-19-17(2,3)4/h5-9,19H,10-11H2,1-4H3. The summed E-state index contributed by atoms with van der Waals surface area (Å²) in [6.45, 7) is 9.66. The summed E-state index contributed by atoms with van der Waals surface area (Å²) < 4.78 is 12.4. The van der Waals surface area contributed by atoms with Gasteiger partial charge in [-0.25, -0.2) is 0 Å². The average molecular weight is 352 g/mol. The molecule has 0 aliphatic heterocycles. The Bertz CT molecular complexity index is 599. The number of ether oxygens (including phenoxy) is 1. The molecule has 2 rings (SSSR count). The SMILES string of the molecule is Cc1ccc(OCc2ccoc2CNC(C)(C)C)c(Br)c1. The van der Waals surface area contributed by atoms with Crippen LogP contribution >= 0.6 is 15.9 Å². The fourth-order valence-electron chi connectivity index (χ4n) is 1.87. The fourth-order valence-corrected chi connectivity index (χ4v) is 2.48. The van der Waals surface area contributed by atoms with Crippen molar-refractivity contribution < 1.29 is 9.15 Å². The maximum Gasteiger partial charge on any atom is 0.134 e. The van der Waals surface area contributed by atoms with Crippen LogP contribution in [0.2, 0.25) is 0 Å². The number of benzene rings is 1. The minimum Gasteiger partial charge on any atom is -0.488 e. The van der Waals surface area contributed by atoms with Gasteiger partial charge in [0.25, 0.3) is 0 Å². The Balaban J connectivity index is 1.99. The first-order chi connectivity index (χ1) is 9.85. The van der Waals surface area contributed by atoms with Crippen LogP contribution < -0.4 is 10.1 Å². The lowest BCUT2D eigenvalue weighted by atomic mass is 10.1. The summed E-state index contributed by atoms with van der Waals surface area (Å²) in [4.78, 5) is 0. The molecule has 1 aromatic carbocycles. The van der Waals surface area contributed by atoms with E-state index in [4.69, 9.17) is 9.15 Å². The summed E-state index contributed by atoms with van der Waals surface area (Å²) in [5, 5.41) is 3.42. The van der Waals surface area contributed by atoms with Gasteiger partial charge >= 0.3 is 0 Å². The molecule has 0 spiro atoms. The third kappa shape index (κ3) is 4.90. The van der Waals surface area contributed by atoms with E-state index in [1.54, 1.807) is 6.26 Å². The van der Waals surface area contributed by atoms with E-state index < -0.39 is 0 Å². The predicted octanol–water partition coefficient (Wildman–Crippen LogP) is 4.82. The van der Waals surface area contributed by atoms with E-state index in [2.05, 4.69) is 48.9 Å². The van der Waals surface area contributed by atoms with Gasteiger partial charge < -0.3 is 14.5 Å². The number of nitrogens with one attached hydrogen (secondary N) is 1. The smallest absolute Gasteiger partial charge is 0.134 e. The Labute approximate surface area is 134 Å². The van der Waals surface area contributed by atoms with Crippen molar-refractivity contribution in [2.75, 3.05) is 0 Å². The van der Waals surface area contributed by atoms with Crippen LogP contribution in [-0.2, 0) is 13.2 Å². The highest BCUT2D eigenvalue weighted by Gasteiger charge is 2.13. The predicted molar refractivity (Wildman–Crippen MR) is 88.5 cm³/mol. The lowest BCUT2D eigenvalue weighted by Gasteiger charge is -2.20. The lowest BCUT2D eigenvalue weighted by Crippen LogP contribution is -2.35. The highest BCUT2D eigenvalue weighted by Crippen LogP contribution is 2.27. The molecule has 1 N–H and O–H groups in total. The summed E-state index contributed by atoms with van der Waals surface area (Å²) in [5.74, 6) is 1.77. The molecule has 4 heteroatoms. The number of rotatable bonds is 5. The summed E-state index contributed by atoms with van der Waals surface area (Å²) in [6.07, 6.45) is 1.71. The van der Waals surface area contributed by atoms with Crippen molar-refractivity contribution in [2.24, 2.45) is 0 Å². The summed E-state index contributed by atoms with van der Waals surface area (Å²) in [7, 11) is 0. The van der Waals surface area contributed by atoms with Gasteiger partial charge in [-0.1, -0.05) is 6.07 Å². The van der Waals surface area contributed by atoms with Gasteiger partial charge in [-0.15, -0.1) is 0 Å². The van der Waals surface area contributed by atoms with Crippen LogP contribution in [0.3, 0.4) is 0 Å². The highest BCUT2D eigenvalue weighted by atomic mass is 79.9. The average Bonchev–Trinajstić information content (AvgIpc) is 2.82. The Morgan fingerprint density at radius 1 is 1.24 bits per heavy atom. The molecule has 21 heavy (non-hydrogen) atoms. The van der Waals surface area contributed by atoms with Crippen molar-refractivity contribution >= 4 is 15.9 Å². The Kier molecular flexibility index (Phi) is 5.12. The van der Waals surface area contributed by atoms with Gasteiger partial charge in [0, 0.05) is 11.1 Å². The number of furan rings is 1. The molecule has 0 atom stereocenters. The van der Waals surface area contributed by atoms with Crippen LogP contribution in [0, 0.1) is 6.92 Å². The molecule has 1 aromatic heterocycles. The van der Waals surface area contributed by atoms with Crippen molar-refractivity contribution in [2.45, 2.75) is 46.4 Å². The molecule has 0 fully saturated rings. The maximum absolute atomic E-state index is 5.87. The van der Waals surface area contributed by atoms with Gasteiger partial charge in [-0.2, -0.15) is 0 Å². The summed E-state index contributed by atoms with van der Waals surface area (Å²) >= 11 is 3.53. The Morgan fingerprint density at radius 2 is 2.00 bits per heavy atom. The molecule has 0 aliphatic carbocycles. The molecule has 0 bridgehead atoms. The van der Waals surface area contributed by atoms with E-state index in [0.29, 0.717) is 13.2 Å². The molecule has 0 saturated carbocycles. The minimum absolute atomic E-state index is 0.0604. The Morgan fingerprint density at radius 3 is 2.67 bits per heavy atom. The number of aryl methyl sites for hydroxylation is 1. The second-order valence-corrected chi connectivity index (χ2v) is 7.05. The van der Waals surface area contributed by atoms with Gasteiger partial charge in [0.05, 0.1) is 17.3 Å². The monoisotopic (exact) mass is 351 g/mol. The van der Waals surface area contributed by atoms with Crippen molar-refractivity contribution in [3.8, 4) is 5.75 Å². The van der Waals surface area contributed by atoms with Crippen molar-refractivity contribution in [1.29, 1.82) is 0 Å². The second-order valence-electron chi connectivity index (χ2n) is 6.20. The van der Waals surface area contributed by atoms with Gasteiger partial charge in [-0.05, 0) is 67.4 Å². The van der Waals surface area contributed by atoms with Crippen LogP contribution in [0.4, 0.5) is 0 Å². The molecule has 3 nitrogen and oxygen atoms in total. The zero-order valence-corrected chi connectivity index (χ0v) is 14.6. The second kappa shape index (κ2) is 6.67. The third-order valence-corrected chi connectivity index (χ3v) is 3.71. The maximum atomic E-state index is 5.87. The third-order valence-electron chi connectivity index (χ3n) is 3.09. The van der Waals surface area contributed by atoms with Crippen LogP contribution in [0.25, 0.3) is 0 Å². The zero-order valence-electron chi connectivity index (χ0n) is 13.0. The number of hydrogen-bond donors (Lipinski definition) is 1. The lowest BCUT2D eigenvalue weighted by molar-refractivity contribution is 0.297. The van der Waals surface area contributed by atoms with Crippen molar-refractivity contribution in [3.63, 3.8) is 0 Å². The molecule has 1 heterocycles. The molecular weight excluding hydrogens is 330 g/mol. The van der Waals surface area contributed by atoms with Gasteiger partial charge in [-0.3, -0.25) is 0 Å². The molecule has 114 valence electrons. The number of halogens is 1. The first-order valence-electron chi connectivity index (χ1n) is 7.04. The van der Waals surface area contributed by atoms with E-state index in [0.717, 1.165) is 21.5 Å². The van der Waals surface area contributed by atoms with Gasteiger partial charge in [0.1, 0.15) is 18.1 Å². The molecule has 0 amide bonds. The molecule has 2 aromatic rings. The van der Waals surface area contributed by atoms with E-state index in [9.17, 15) is 0 Å². The van der Waals surface area contributed by atoms with Crippen molar-refractivity contribution in [3.05, 3.63) is 51.9 Å². The first-order valence-corrected chi connectivity index (χ1v) is 7.84. The van der Waals surface area contributed by atoms with E-state index in [-0.39, 0.29) is 5.54 Å². The van der Waals surface area contributed by atoms with Gasteiger partial charge in [0.2, 0.25) is 0 Å². The van der Waals surface area contributed by atoms with E-state index in [1.807, 2.05) is 24.3 Å². The van der Waals surface area contributed by atoms with Crippen LogP contribution in [0.15, 0.2) is 39.4 Å². The van der Waals surface area contributed by atoms with Crippen LogP contribution in [0.5, 0.6) is 5.75 Å². The van der Waals surface area contributed by atoms with Crippen molar-refractivity contribution in [1.82, 2.24) is 5.32 Å². The fraction of sp³-hybridized carbons (Fsp3) is 0.412. The minimum atomic E-state index is 0.0604. The molecule has 0 unspecified atom stereocenters. The summed E-state index contributed by atoms with van der Waals surface area (Å²) in [6, 6.07) is 8.03. The van der Waals surface area contributed by atoms with Crippen LogP contribution in [-0.4, -0.2) is 5.54 Å². The molecule has 0 radical (unpaired) electrons. The quantitative estimate of drug-likeness (QED) is 0.838. The first kappa shape index (κ1) is 16.1. The zero-order chi connectivity index (χ0) is 15.5. The summed E-state index contributed by atoms with van der Waals surface area (Å²) in [5.41, 5.74) is 2.33. The van der Waals surface area contributed by atoms with E-state index >= 15 is 0 Å². The normalized spacial score (nSPS) is 11.7. The highest BCUT2D eigenvalue weighted by molar-refractivity contribution is 9.10. The largest absolute Gasteiger partial charge is 0.488 e. The van der Waals surface area contributed by atoms with E-state index in [1.165, 1.54) is 5.56 Å². The molecular formula is C17H22BrNO2. The molecule has 0 aliphatic rings. The Hall–Kier alpha value is -1.26. The van der Waals surface area contributed by atoms with Crippen LogP contribution in [0.1, 0.15) is 37.7 Å². The van der Waals surface area contributed by atoms with Gasteiger partial charge in [0.15, 0.2) is 0 Å².